The Morgan fingerprint density at radius 2 is 2.12 bits per heavy atom. The fraction of sp³-hybridized carbons (Fsp3) is 0.364. The molecule has 0 aromatic heterocycles. The molecule has 0 fully saturated rings. The van der Waals surface area contributed by atoms with E-state index in [2.05, 4.69) is 5.32 Å². The van der Waals surface area contributed by atoms with E-state index >= 15 is 0 Å². The van der Waals surface area contributed by atoms with Crippen molar-refractivity contribution in [2.24, 2.45) is 0 Å². The van der Waals surface area contributed by atoms with Gasteiger partial charge in [-0.15, -0.1) is 0 Å². The standard InChI is InChI=1S/C11H15NO4/c1-15-9-3-4-10(16-2)8(7-9)5-6-12-11(13)14/h3-4,7,12H,5-6H2,1-2H3,(H,13,14). The van der Waals surface area contributed by atoms with Crippen LogP contribution in [0.2, 0.25) is 0 Å². The second kappa shape index (κ2) is 5.85. The van der Waals surface area contributed by atoms with Crippen molar-refractivity contribution in [1.82, 2.24) is 5.32 Å². The molecule has 0 bridgehead atoms. The third kappa shape index (κ3) is 3.34. The molecule has 0 unspecified atom stereocenters. The van der Waals surface area contributed by atoms with Gasteiger partial charge in [-0.2, -0.15) is 0 Å². The zero-order chi connectivity index (χ0) is 12.0. The zero-order valence-electron chi connectivity index (χ0n) is 9.32. The summed E-state index contributed by atoms with van der Waals surface area (Å²) in [5, 5.41) is 10.8. The van der Waals surface area contributed by atoms with Crippen molar-refractivity contribution < 1.29 is 19.4 Å². The molecule has 0 saturated heterocycles. The van der Waals surface area contributed by atoms with Gasteiger partial charge in [0.1, 0.15) is 11.5 Å². The summed E-state index contributed by atoms with van der Waals surface area (Å²) in [6, 6.07) is 5.43. The predicted octanol–water partition coefficient (Wildman–Crippen LogP) is 1.51. The van der Waals surface area contributed by atoms with Crippen molar-refractivity contribution in [3.8, 4) is 11.5 Å². The smallest absolute Gasteiger partial charge is 0.404 e. The van der Waals surface area contributed by atoms with E-state index in [1.54, 1.807) is 26.4 Å². The first-order valence-electron chi connectivity index (χ1n) is 4.85. The largest absolute Gasteiger partial charge is 0.497 e. The first-order chi connectivity index (χ1) is 7.67. The number of methoxy groups -OCH3 is 2. The van der Waals surface area contributed by atoms with Crippen molar-refractivity contribution in [3.05, 3.63) is 23.8 Å². The lowest BCUT2D eigenvalue weighted by Gasteiger charge is -2.10. The minimum atomic E-state index is -1.03. The number of rotatable bonds is 5. The van der Waals surface area contributed by atoms with Crippen molar-refractivity contribution in [2.45, 2.75) is 6.42 Å². The van der Waals surface area contributed by atoms with Crippen LogP contribution in [0.3, 0.4) is 0 Å². The summed E-state index contributed by atoms with van der Waals surface area (Å²) in [7, 11) is 3.16. The summed E-state index contributed by atoms with van der Waals surface area (Å²) in [6.45, 7) is 0.346. The number of benzene rings is 1. The molecule has 0 atom stereocenters. The highest BCUT2D eigenvalue weighted by Crippen LogP contribution is 2.23. The summed E-state index contributed by atoms with van der Waals surface area (Å²) in [4.78, 5) is 10.3. The van der Waals surface area contributed by atoms with Gasteiger partial charge < -0.3 is 19.9 Å². The Kier molecular flexibility index (Phi) is 4.44. The molecule has 2 N–H and O–H groups in total. The van der Waals surface area contributed by atoms with Gasteiger partial charge in [0.25, 0.3) is 0 Å². The molecule has 1 rings (SSSR count). The highest BCUT2D eigenvalue weighted by Gasteiger charge is 2.05. The van der Waals surface area contributed by atoms with Gasteiger partial charge in [-0.1, -0.05) is 0 Å². The van der Waals surface area contributed by atoms with Gasteiger partial charge >= 0.3 is 6.09 Å². The third-order valence-electron chi connectivity index (χ3n) is 2.16. The summed E-state index contributed by atoms with van der Waals surface area (Å²) >= 11 is 0. The molecular formula is C11H15NO4. The molecule has 0 spiro atoms. The maximum atomic E-state index is 10.3. The molecule has 1 aromatic rings. The highest BCUT2D eigenvalue weighted by molar-refractivity contribution is 5.64. The van der Waals surface area contributed by atoms with E-state index in [0.29, 0.717) is 13.0 Å². The molecular weight excluding hydrogens is 210 g/mol. The Morgan fingerprint density at radius 3 is 2.69 bits per heavy atom. The molecule has 0 heterocycles. The molecule has 88 valence electrons. The molecule has 16 heavy (non-hydrogen) atoms. The average molecular weight is 225 g/mol. The number of hydrogen-bond acceptors (Lipinski definition) is 3. The normalized spacial score (nSPS) is 9.62. The number of ether oxygens (including phenoxy) is 2. The molecule has 1 aromatic carbocycles. The molecule has 0 aliphatic heterocycles. The summed E-state index contributed by atoms with van der Waals surface area (Å²) in [5.41, 5.74) is 0.913. The molecule has 0 aliphatic carbocycles. The van der Waals surface area contributed by atoms with Crippen LogP contribution in [0.15, 0.2) is 18.2 Å². The number of nitrogens with one attached hydrogen (secondary N) is 1. The fourth-order valence-corrected chi connectivity index (χ4v) is 1.38. The van der Waals surface area contributed by atoms with Gasteiger partial charge in [0, 0.05) is 6.54 Å². The second-order valence-electron chi connectivity index (χ2n) is 3.16. The number of carbonyl (C=O) groups is 1. The van der Waals surface area contributed by atoms with E-state index in [1.807, 2.05) is 6.07 Å². The minimum absolute atomic E-state index is 0.346. The Labute approximate surface area is 94.0 Å². The third-order valence-corrected chi connectivity index (χ3v) is 2.16. The van der Waals surface area contributed by atoms with E-state index < -0.39 is 6.09 Å². The van der Waals surface area contributed by atoms with Crippen LogP contribution in [0.4, 0.5) is 4.79 Å². The second-order valence-corrected chi connectivity index (χ2v) is 3.16. The van der Waals surface area contributed by atoms with Crippen LogP contribution in [0.1, 0.15) is 5.56 Å². The Balaban J connectivity index is 2.71. The summed E-state index contributed by atoms with van der Waals surface area (Å²) in [6.07, 6.45) is -0.464. The lowest BCUT2D eigenvalue weighted by molar-refractivity contribution is 0.194. The van der Waals surface area contributed by atoms with E-state index in [1.165, 1.54) is 0 Å². The van der Waals surface area contributed by atoms with E-state index in [9.17, 15) is 4.79 Å². The van der Waals surface area contributed by atoms with Gasteiger partial charge in [-0.25, -0.2) is 4.79 Å². The van der Waals surface area contributed by atoms with Crippen LogP contribution in [0.5, 0.6) is 11.5 Å². The molecule has 0 saturated carbocycles. The Bertz CT molecular complexity index is 365. The van der Waals surface area contributed by atoms with E-state index in [0.717, 1.165) is 17.1 Å². The first kappa shape index (κ1) is 12.2. The van der Waals surface area contributed by atoms with E-state index in [-0.39, 0.29) is 0 Å². The van der Waals surface area contributed by atoms with Crippen molar-refractivity contribution in [3.63, 3.8) is 0 Å². The number of carboxylic acid groups (broad SMARTS) is 1. The lowest BCUT2D eigenvalue weighted by Crippen LogP contribution is -2.23. The van der Waals surface area contributed by atoms with Crippen LogP contribution < -0.4 is 14.8 Å². The van der Waals surface area contributed by atoms with Crippen molar-refractivity contribution in [1.29, 1.82) is 0 Å². The molecule has 5 heteroatoms. The predicted molar refractivity (Wildman–Crippen MR) is 59.3 cm³/mol. The zero-order valence-corrected chi connectivity index (χ0v) is 9.32. The van der Waals surface area contributed by atoms with Gasteiger partial charge in [-0.05, 0) is 30.2 Å². The van der Waals surface area contributed by atoms with E-state index in [4.69, 9.17) is 14.6 Å². The average Bonchev–Trinajstić information content (AvgIpc) is 2.28. The number of amides is 1. The minimum Gasteiger partial charge on any atom is -0.497 e. The quantitative estimate of drug-likeness (QED) is 0.797. The SMILES string of the molecule is COc1ccc(OC)c(CCNC(=O)O)c1. The van der Waals surface area contributed by atoms with Gasteiger partial charge in [0.15, 0.2) is 0 Å². The molecule has 0 aliphatic rings. The summed E-state index contributed by atoms with van der Waals surface area (Å²) < 4.78 is 10.3. The first-order valence-corrected chi connectivity index (χ1v) is 4.85. The monoisotopic (exact) mass is 225 g/mol. The van der Waals surface area contributed by atoms with Crippen LogP contribution in [-0.4, -0.2) is 32.0 Å². The lowest BCUT2D eigenvalue weighted by atomic mass is 10.1. The van der Waals surface area contributed by atoms with Crippen LogP contribution >= 0.6 is 0 Å². The van der Waals surface area contributed by atoms with Crippen LogP contribution in [0, 0.1) is 0 Å². The highest BCUT2D eigenvalue weighted by atomic mass is 16.5. The maximum Gasteiger partial charge on any atom is 0.404 e. The topological polar surface area (TPSA) is 67.8 Å². The fourth-order valence-electron chi connectivity index (χ4n) is 1.38. The van der Waals surface area contributed by atoms with Crippen molar-refractivity contribution in [2.75, 3.05) is 20.8 Å². The van der Waals surface area contributed by atoms with Crippen molar-refractivity contribution >= 4 is 6.09 Å². The summed E-state index contributed by atoms with van der Waals surface area (Å²) in [5.74, 6) is 1.46. The van der Waals surface area contributed by atoms with Gasteiger partial charge in [-0.3, -0.25) is 0 Å². The Morgan fingerprint density at radius 1 is 1.38 bits per heavy atom. The van der Waals surface area contributed by atoms with Gasteiger partial charge in [0.05, 0.1) is 14.2 Å². The van der Waals surface area contributed by atoms with Crippen LogP contribution in [-0.2, 0) is 6.42 Å². The Hall–Kier alpha value is -1.91. The molecule has 1 amide bonds. The van der Waals surface area contributed by atoms with Gasteiger partial charge in [0.2, 0.25) is 0 Å². The molecule has 5 nitrogen and oxygen atoms in total. The maximum absolute atomic E-state index is 10.3. The number of hydrogen-bond donors (Lipinski definition) is 2. The van der Waals surface area contributed by atoms with Crippen LogP contribution in [0.25, 0.3) is 0 Å². The molecule has 0 radical (unpaired) electrons.